The van der Waals surface area contributed by atoms with Gasteiger partial charge >= 0.3 is 0 Å². The third-order valence-corrected chi connectivity index (χ3v) is 5.63. The molecular formula is C19H32N2O5S. The van der Waals surface area contributed by atoms with Gasteiger partial charge in [-0.25, -0.2) is 12.7 Å². The van der Waals surface area contributed by atoms with E-state index in [1.807, 2.05) is 27.7 Å². The molecule has 0 atom stereocenters. The Kier molecular flexibility index (Phi) is 9.05. The molecule has 1 aromatic carbocycles. The third-order valence-electron chi connectivity index (χ3n) is 3.82. The van der Waals surface area contributed by atoms with E-state index in [4.69, 9.17) is 9.47 Å². The number of benzene rings is 1. The molecule has 0 aliphatic rings. The highest BCUT2D eigenvalue weighted by Crippen LogP contribution is 2.27. The van der Waals surface area contributed by atoms with Gasteiger partial charge in [0, 0.05) is 25.2 Å². The molecule has 1 amide bonds. The van der Waals surface area contributed by atoms with Crippen LogP contribution in [0.4, 0.5) is 0 Å². The number of methoxy groups -OCH3 is 2. The van der Waals surface area contributed by atoms with E-state index in [-0.39, 0.29) is 30.0 Å². The maximum Gasteiger partial charge on any atom is 0.251 e. The van der Waals surface area contributed by atoms with Gasteiger partial charge in [0.05, 0.1) is 20.0 Å². The summed E-state index contributed by atoms with van der Waals surface area (Å²) >= 11 is 0. The number of carbonyl (C=O) groups is 1. The standard InChI is InChI=1S/C19H32N2O5S/c1-14(2)12-21(13-15(3)4)27(23,24)10-9-20-19(22)16-7-8-17(25-5)18(11-16)26-6/h7-8,11,14-15H,9-10,12-13H2,1-6H3,(H,20,22). The maximum atomic E-state index is 12.6. The molecule has 154 valence electrons. The van der Waals surface area contributed by atoms with Crippen molar-refractivity contribution < 1.29 is 22.7 Å². The summed E-state index contributed by atoms with van der Waals surface area (Å²) in [6, 6.07) is 4.80. The topological polar surface area (TPSA) is 84.9 Å². The molecule has 0 aromatic heterocycles. The van der Waals surface area contributed by atoms with Gasteiger partial charge in [-0.3, -0.25) is 4.79 Å². The first-order valence-electron chi connectivity index (χ1n) is 9.08. The Balaban J connectivity index is 2.72. The third kappa shape index (κ3) is 7.38. The van der Waals surface area contributed by atoms with E-state index in [1.165, 1.54) is 18.5 Å². The summed E-state index contributed by atoms with van der Waals surface area (Å²) < 4.78 is 37.1. The van der Waals surface area contributed by atoms with Gasteiger partial charge in [0.15, 0.2) is 11.5 Å². The number of hydrogen-bond donors (Lipinski definition) is 1. The Morgan fingerprint density at radius 1 is 1.04 bits per heavy atom. The molecule has 0 saturated carbocycles. The number of nitrogens with one attached hydrogen (secondary N) is 1. The molecule has 0 aliphatic heterocycles. The van der Waals surface area contributed by atoms with E-state index in [0.29, 0.717) is 30.2 Å². The molecule has 0 bridgehead atoms. The Morgan fingerprint density at radius 3 is 2.07 bits per heavy atom. The number of nitrogens with zero attached hydrogens (tertiary/aromatic N) is 1. The second kappa shape index (κ2) is 10.5. The first-order chi connectivity index (χ1) is 12.6. The normalized spacial score (nSPS) is 11.9. The highest BCUT2D eigenvalue weighted by atomic mass is 32.2. The smallest absolute Gasteiger partial charge is 0.251 e. The summed E-state index contributed by atoms with van der Waals surface area (Å²) in [4.78, 5) is 12.3. The highest BCUT2D eigenvalue weighted by molar-refractivity contribution is 7.89. The fourth-order valence-corrected chi connectivity index (χ4v) is 4.29. The lowest BCUT2D eigenvalue weighted by Gasteiger charge is -2.25. The molecule has 0 heterocycles. The van der Waals surface area contributed by atoms with Crippen LogP contribution in [0.1, 0.15) is 38.1 Å². The lowest BCUT2D eigenvalue weighted by molar-refractivity contribution is 0.0955. The minimum atomic E-state index is -3.44. The van der Waals surface area contributed by atoms with Crippen molar-refractivity contribution in [3.8, 4) is 11.5 Å². The van der Waals surface area contributed by atoms with E-state index in [9.17, 15) is 13.2 Å². The zero-order valence-corrected chi connectivity index (χ0v) is 17.9. The Labute approximate surface area is 163 Å². The first-order valence-corrected chi connectivity index (χ1v) is 10.7. The monoisotopic (exact) mass is 400 g/mol. The van der Waals surface area contributed by atoms with Crippen LogP contribution in [-0.2, 0) is 10.0 Å². The molecule has 0 saturated heterocycles. The lowest BCUT2D eigenvalue weighted by Crippen LogP contribution is -2.41. The number of rotatable bonds is 11. The fraction of sp³-hybridized carbons (Fsp3) is 0.632. The van der Waals surface area contributed by atoms with E-state index in [0.717, 1.165) is 0 Å². The predicted octanol–water partition coefficient (Wildman–Crippen LogP) is 2.38. The first kappa shape index (κ1) is 23.2. The molecule has 7 nitrogen and oxygen atoms in total. The van der Waals surface area contributed by atoms with Crippen LogP contribution < -0.4 is 14.8 Å². The molecule has 0 unspecified atom stereocenters. The molecule has 27 heavy (non-hydrogen) atoms. The Hall–Kier alpha value is -1.80. The van der Waals surface area contributed by atoms with Gasteiger partial charge in [-0.1, -0.05) is 27.7 Å². The summed E-state index contributed by atoms with van der Waals surface area (Å²) in [6.45, 7) is 8.95. The quantitative estimate of drug-likeness (QED) is 0.616. The van der Waals surface area contributed by atoms with Crippen molar-refractivity contribution in [3.63, 3.8) is 0 Å². The van der Waals surface area contributed by atoms with Crippen LogP contribution >= 0.6 is 0 Å². The van der Waals surface area contributed by atoms with Gasteiger partial charge in [0.25, 0.3) is 5.91 Å². The van der Waals surface area contributed by atoms with Gasteiger partial charge < -0.3 is 14.8 Å². The molecule has 1 N–H and O–H groups in total. The van der Waals surface area contributed by atoms with Crippen molar-refractivity contribution in [2.45, 2.75) is 27.7 Å². The molecule has 1 rings (SSSR count). The Bertz CT molecular complexity index is 707. The molecule has 0 radical (unpaired) electrons. The molecule has 0 aliphatic carbocycles. The van der Waals surface area contributed by atoms with Crippen molar-refractivity contribution in [3.05, 3.63) is 23.8 Å². The summed E-state index contributed by atoms with van der Waals surface area (Å²) in [5, 5.41) is 2.66. The molecule has 8 heteroatoms. The van der Waals surface area contributed by atoms with E-state index in [1.54, 1.807) is 18.2 Å². The van der Waals surface area contributed by atoms with Crippen molar-refractivity contribution in [1.29, 1.82) is 0 Å². The minimum Gasteiger partial charge on any atom is -0.493 e. The fourth-order valence-electron chi connectivity index (χ4n) is 2.62. The van der Waals surface area contributed by atoms with Gasteiger partial charge in [-0.05, 0) is 30.0 Å². The van der Waals surface area contributed by atoms with Gasteiger partial charge in [0.2, 0.25) is 10.0 Å². The highest BCUT2D eigenvalue weighted by Gasteiger charge is 2.23. The summed E-state index contributed by atoms with van der Waals surface area (Å²) in [5.74, 6) is 0.948. The average molecular weight is 401 g/mol. The largest absolute Gasteiger partial charge is 0.493 e. The number of carbonyl (C=O) groups excluding carboxylic acids is 1. The Morgan fingerprint density at radius 2 is 1.59 bits per heavy atom. The predicted molar refractivity (Wildman–Crippen MR) is 107 cm³/mol. The van der Waals surface area contributed by atoms with Crippen molar-refractivity contribution in [1.82, 2.24) is 9.62 Å². The molecule has 0 fully saturated rings. The molecular weight excluding hydrogens is 368 g/mol. The number of amides is 1. The van der Waals surface area contributed by atoms with Crippen molar-refractivity contribution in [2.24, 2.45) is 11.8 Å². The van der Waals surface area contributed by atoms with Crippen molar-refractivity contribution in [2.75, 3.05) is 39.6 Å². The zero-order chi connectivity index (χ0) is 20.6. The lowest BCUT2D eigenvalue weighted by atomic mass is 10.2. The van der Waals surface area contributed by atoms with Crippen LogP contribution in [0.5, 0.6) is 11.5 Å². The van der Waals surface area contributed by atoms with Crippen LogP contribution in [0.2, 0.25) is 0 Å². The van der Waals surface area contributed by atoms with Gasteiger partial charge in [-0.2, -0.15) is 0 Å². The number of ether oxygens (including phenoxy) is 2. The van der Waals surface area contributed by atoms with Crippen LogP contribution in [0.25, 0.3) is 0 Å². The SMILES string of the molecule is COc1ccc(C(=O)NCCS(=O)(=O)N(CC(C)C)CC(C)C)cc1OC. The summed E-state index contributed by atoms with van der Waals surface area (Å²) in [6.07, 6.45) is 0. The molecule has 1 aromatic rings. The van der Waals surface area contributed by atoms with Crippen LogP contribution in [-0.4, -0.2) is 58.2 Å². The van der Waals surface area contributed by atoms with E-state index >= 15 is 0 Å². The van der Waals surface area contributed by atoms with Crippen LogP contribution in [0, 0.1) is 11.8 Å². The van der Waals surface area contributed by atoms with Gasteiger partial charge in [-0.15, -0.1) is 0 Å². The minimum absolute atomic E-state index is 0.0439. The maximum absolute atomic E-state index is 12.6. The van der Waals surface area contributed by atoms with Crippen molar-refractivity contribution >= 4 is 15.9 Å². The van der Waals surface area contributed by atoms with Crippen LogP contribution in [0.3, 0.4) is 0 Å². The van der Waals surface area contributed by atoms with E-state index < -0.39 is 10.0 Å². The van der Waals surface area contributed by atoms with Gasteiger partial charge in [0.1, 0.15) is 0 Å². The molecule has 0 spiro atoms. The number of hydrogen-bond acceptors (Lipinski definition) is 5. The number of sulfonamides is 1. The summed E-state index contributed by atoms with van der Waals surface area (Å²) in [5.41, 5.74) is 0.381. The second-order valence-corrected chi connectivity index (χ2v) is 9.33. The van der Waals surface area contributed by atoms with E-state index in [2.05, 4.69) is 5.32 Å². The van der Waals surface area contributed by atoms with Crippen LogP contribution in [0.15, 0.2) is 18.2 Å². The summed E-state index contributed by atoms with van der Waals surface area (Å²) in [7, 11) is -0.433. The average Bonchev–Trinajstić information content (AvgIpc) is 2.59. The zero-order valence-electron chi connectivity index (χ0n) is 17.1. The second-order valence-electron chi connectivity index (χ2n) is 7.25.